The number of fused-ring (bicyclic) bond motifs is 1. The highest BCUT2D eigenvalue weighted by Gasteiger charge is 2.07. The number of aryl methyl sites for hydroxylation is 1. The van der Waals surface area contributed by atoms with Gasteiger partial charge in [0.1, 0.15) is 0 Å². The summed E-state index contributed by atoms with van der Waals surface area (Å²) in [6.07, 6.45) is 0. The largest absolute Gasteiger partial charge is 0.355 e. The third kappa shape index (κ3) is 2.58. The fraction of sp³-hybridized carbons (Fsp3) is 0.0625. The van der Waals surface area contributed by atoms with Crippen molar-refractivity contribution >= 4 is 45.5 Å². The molecule has 0 bridgehead atoms. The van der Waals surface area contributed by atoms with Crippen LogP contribution >= 0.6 is 23.2 Å². The number of rotatable bonds is 2. The maximum Gasteiger partial charge on any atom is 0.0912 e. The van der Waals surface area contributed by atoms with E-state index in [4.69, 9.17) is 23.2 Å². The third-order valence-electron chi connectivity index (χ3n) is 3.04. The number of anilines is 2. The lowest BCUT2D eigenvalue weighted by molar-refractivity contribution is 1.25. The van der Waals surface area contributed by atoms with E-state index in [9.17, 15) is 0 Å². The molecule has 1 N–H and O–H groups in total. The summed E-state index contributed by atoms with van der Waals surface area (Å²) >= 11 is 12.1. The highest BCUT2D eigenvalue weighted by Crippen LogP contribution is 2.30. The summed E-state index contributed by atoms with van der Waals surface area (Å²) in [7, 11) is 0. The average Bonchev–Trinajstić information content (AvgIpc) is 2.42. The van der Waals surface area contributed by atoms with Crippen LogP contribution in [0.1, 0.15) is 5.69 Å². The van der Waals surface area contributed by atoms with Crippen molar-refractivity contribution in [2.45, 2.75) is 6.92 Å². The summed E-state index contributed by atoms with van der Waals surface area (Å²) in [5.41, 5.74) is 3.69. The number of pyridine rings is 1. The van der Waals surface area contributed by atoms with Gasteiger partial charge in [-0.1, -0.05) is 35.3 Å². The summed E-state index contributed by atoms with van der Waals surface area (Å²) in [5.74, 6) is 0. The zero-order chi connectivity index (χ0) is 14.1. The van der Waals surface area contributed by atoms with Gasteiger partial charge in [-0.3, -0.25) is 4.98 Å². The molecule has 0 saturated heterocycles. The summed E-state index contributed by atoms with van der Waals surface area (Å²) in [5, 5.41) is 5.76. The van der Waals surface area contributed by atoms with Gasteiger partial charge in [-0.2, -0.15) is 0 Å². The van der Waals surface area contributed by atoms with E-state index >= 15 is 0 Å². The van der Waals surface area contributed by atoms with Crippen LogP contribution < -0.4 is 5.32 Å². The van der Waals surface area contributed by atoms with Crippen LogP contribution in [0.4, 0.5) is 11.4 Å². The summed E-state index contributed by atoms with van der Waals surface area (Å²) in [6, 6.07) is 15.4. The monoisotopic (exact) mass is 302 g/mol. The highest BCUT2D eigenvalue weighted by atomic mass is 35.5. The molecule has 100 valence electrons. The number of benzene rings is 2. The second-order valence-corrected chi connectivity index (χ2v) is 5.42. The summed E-state index contributed by atoms with van der Waals surface area (Å²) < 4.78 is 0. The molecular formula is C16H12Cl2N2. The molecule has 20 heavy (non-hydrogen) atoms. The molecule has 0 aliphatic rings. The highest BCUT2D eigenvalue weighted by molar-refractivity contribution is 6.35. The molecule has 0 spiro atoms. The molecule has 3 aromatic rings. The first kappa shape index (κ1) is 13.2. The topological polar surface area (TPSA) is 24.9 Å². The Bertz CT molecular complexity index is 767. The van der Waals surface area contributed by atoms with Crippen molar-refractivity contribution in [3.63, 3.8) is 0 Å². The Kier molecular flexibility index (Phi) is 3.51. The fourth-order valence-electron chi connectivity index (χ4n) is 2.13. The standard InChI is InChI=1S/C16H12Cl2N2/c1-10-9-15(20-12-7-5-11(17)6-8-12)13-3-2-4-14(18)16(13)19-10/h2-9H,1H3,(H,19,20). The van der Waals surface area contributed by atoms with Gasteiger partial charge in [0, 0.05) is 27.5 Å². The lowest BCUT2D eigenvalue weighted by atomic mass is 10.1. The van der Waals surface area contributed by atoms with E-state index in [1.54, 1.807) is 0 Å². The molecule has 0 saturated carbocycles. The van der Waals surface area contributed by atoms with Crippen molar-refractivity contribution in [1.29, 1.82) is 0 Å². The normalized spacial score (nSPS) is 10.8. The second kappa shape index (κ2) is 5.31. The SMILES string of the molecule is Cc1cc(Nc2ccc(Cl)cc2)c2cccc(Cl)c2n1. The van der Waals surface area contributed by atoms with Gasteiger partial charge in [-0.15, -0.1) is 0 Å². The predicted molar refractivity (Wildman–Crippen MR) is 86.2 cm³/mol. The van der Waals surface area contributed by atoms with Gasteiger partial charge in [0.15, 0.2) is 0 Å². The molecule has 0 aliphatic carbocycles. The summed E-state index contributed by atoms with van der Waals surface area (Å²) in [4.78, 5) is 4.50. The maximum absolute atomic E-state index is 6.22. The van der Waals surface area contributed by atoms with Crippen LogP contribution in [0.25, 0.3) is 10.9 Å². The molecule has 3 rings (SSSR count). The maximum atomic E-state index is 6.22. The zero-order valence-electron chi connectivity index (χ0n) is 10.8. The molecule has 2 aromatic carbocycles. The van der Waals surface area contributed by atoms with Crippen molar-refractivity contribution in [3.8, 4) is 0 Å². The number of hydrogen-bond acceptors (Lipinski definition) is 2. The number of para-hydroxylation sites is 1. The van der Waals surface area contributed by atoms with Crippen molar-refractivity contribution in [1.82, 2.24) is 4.98 Å². The van der Waals surface area contributed by atoms with Crippen LogP contribution in [0.5, 0.6) is 0 Å². The van der Waals surface area contributed by atoms with Gasteiger partial charge in [-0.25, -0.2) is 0 Å². The first-order chi connectivity index (χ1) is 9.63. The van der Waals surface area contributed by atoms with E-state index in [1.165, 1.54) is 0 Å². The van der Waals surface area contributed by atoms with Gasteiger partial charge in [0.2, 0.25) is 0 Å². The second-order valence-electron chi connectivity index (χ2n) is 4.58. The number of hydrogen-bond donors (Lipinski definition) is 1. The minimum absolute atomic E-state index is 0.658. The molecule has 0 fully saturated rings. The van der Waals surface area contributed by atoms with Crippen molar-refractivity contribution < 1.29 is 0 Å². The van der Waals surface area contributed by atoms with Crippen LogP contribution in [0.3, 0.4) is 0 Å². The Morgan fingerprint density at radius 2 is 1.75 bits per heavy atom. The van der Waals surface area contributed by atoms with E-state index in [1.807, 2.05) is 55.5 Å². The lowest BCUT2D eigenvalue weighted by Gasteiger charge is -2.11. The molecule has 0 radical (unpaired) electrons. The minimum Gasteiger partial charge on any atom is -0.355 e. The molecular weight excluding hydrogens is 291 g/mol. The molecule has 1 heterocycles. The Hall–Kier alpha value is -1.77. The number of aromatic nitrogens is 1. The van der Waals surface area contributed by atoms with Gasteiger partial charge >= 0.3 is 0 Å². The molecule has 0 amide bonds. The van der Waals surface area contributed by atoms with Crippen molar-refractivity contribution in [2.75, 3.05) is 5.32 Å². The molecule has 0 unspecified atom stereocenters. The minimum atomic E-state index is 0.658. The van der Waals surface area contributed by atoms with Gasteiger partial charge in [-0.05, 0) is 43.3 Å². The van der Waals surface area contributed by atoms with E-state index < -0.39 is 0 Å². The van der Waals surface area contributed by atoms with Crippen LogP contribution in [-0.2, 0) is 0 Å². The molecule has 2 nitrogen and oxygen atoms in total. The van der Waals surface area contributed by atoms with Crippen LogP contribution in [0.15, 0.2) is 48.5 Å². The molecule has 4 heteroatoms. The quantitative estimate of drug-likeness (QED) is 0.667. The van der Waals surface area contributed by atoms with Gasteiger partial charge in [0.05, 0.1) is 10.5 Å². The van der Waals surface area contributed by atoms with Crippen molar-refractivity contribution in [2.24, 2.45) is 0 Å². The van der Waals surface area contributed by atoms with Crippen LogP contribution in [0.2, 0.25) is 10.0 Å². The molecule has 1 aromatic heterocycles. The first-order valence-electron chi connectivity index (χ1n) is 6.22. The summed E-state index contributed by atoms with van der Waals surface area (Å²) in [6.45, 7) is 1.95. The Balaban J connectivity index is 2.11. The van der Waals surface area contributed by atoms with E-state index in [0.717, 1.165) is 33.0 Å². The Morgan fingerprint density at radius 1 is 1.00 bits per heavy atom. The first-order valence-corrected chi connectivity index (χ1v) is 6.97. The van der Waals surface area contributed by atoms with Crippen LogP contribution in [-0.4, -0.2) is 4.98 Å². The fourth-order valence-corrected chi connectivity index (χ4v) is 2.48. The van der Waals surface area contributed by atoms with Gasteiger partial charge < -0.3 is 5.32 Å². The molecule has 0 aliphatic heterocycles. The van der Waals surface area contributed by atoms with Crippen LogP contribution in [0, 0.1) is 6.92 Å². The van der Waals surface area contributed by atoms with Crippen molar-refractivity contribution in [3.05, 3.63) is 64.3 Å². The zero-order valence-corrected chi connectivity index (χ0v) is 12.3. The van der Waals surface area contributed by atoms with E-state index in [2.05, 4.69) is 10.3 Å². The number of halogens is 2. The predicted octanol–water partition coefficient (Wildman–Crippen LogP) is 5.59. The van der Waals surface area contributed by atoms with E-state index in [0.29, 0.717) is 5.02 Å². The lowest BCUT2D eigenvalue weighted by Crippen LogP contribution is -1.95. The third-order valence-corrected chi connectivity index (χ3v) is 3.60. The Labute approximate surface area is 127 Å². The number of nitrogens with zero attached hydrogens (tertiary/aromatic N) is 1. The Morgan fingerprint density at radius 3 is 2.50 bits per heavy atom. The number of nitrogens with one attached hydrogen (secondary N) is 1. The van der Waals surface area contributed by atoms with E-state index in [-0.39, 0.29) is 0 Å². The smallest absolute Gasteiger partial charge is 0.0912 e. The average molecular weight is 303 g/mol. The van der Waals surface area contributed by atoms with Gasteiger partial charge in [0.25, 0.3) is 0 Å². The molecule has 0 atom stereocenters.